The first-order chi connectivity index (χ1) is 8.12. The van der Waals surface area contributed by atoms with Crippen molar-refractivity contribution in [1.82, 2.24) is 5.32 Å². The molecule has 0 aliphatic carbocycles. The molecule has 0 bridgehead atoms. The van der Waals surface area contributed by atoms with Crippen LogP contribution in [0.5, 0.6) is 0 Å². The zero-order valence-electron chi connectivity index (χ0n) is 10.3. The third-order valence-corrected chi connectivity index (χ3v) is 3.12. The molecule has 100 valence electrons. The number of ether oxygens (including phenoxy) is 1. The third-order valence-electron chi connectivity index (χ3n) is 3.12. The SMILES string of the molecule is O=C(O)CCCCCNCC1(O)CCOCC1. The van der Waals surface area contributed by atoms with E-state index in [2.05, 4.69) is 5.32 Å². The molecule has 0 atom stereocenters. The van der Waals surface area contributed by atoms with Crippen molar-refractivity contribution >= 4 is 5.97 Å². The van der Waals surface area contributed by atoms with Gasteiger partial charge in [0.25, 0.3) is 0 Å². The molecule has 0 unspecified atom stereocenters. The summed E-state index contributed by atoms with van der Waals surface area (Å²) in [6.45, 7) is 2.71. The van der Waals surface area contributed by atoms with Crippen molar-refractivity contribution in [2.75, 3.05) is 26.3 Å². The molecule has 1 heterocycles. The molecule has 0 amide bonds. The molecule has 0 aromatic carbocycles. The van der Waals surface area contributed by atoms with E-state index in [0.717, 1.165) is 25.8 Å². The zero-order chi connectivity index (χ0) is 12.6. The van der Waals surface area contributed by atoms with Crippen LogP contribution >= 0.6 is 0 Å². The molecule has 5 nitrogen and oxygen atoms in total. The number of carboxylic acids is 1. The van der Waals surface area contributed by atoms with E-state index in [0.29, 0.717) is 32.6 Å². The lowest BCUT2D eigenvalue weighted by molar-refractivity contribution is -0.137. The summed E-state index contributed by atoms with van der Waals surface area (Å²) >= 11 is 0. The first-order valence-electron chi connectivity index (χ1n) is 6.35. The van der Waals surface area contributed by atoms with E-state index in [9.17, 15) is 9.90 Å². The van der Waals surface area contributed by atoms with Crippen molar-refractivity contribution in [1.29, 1.82) is 0 Å². The number of rotatable bonds is 8. The maximum Gasteiger partial charge on any atom is 0.303 e. The Labute approximate surface area is 102 Å². The molecule has 0 aromatic heterocycles. The summed E-state index contributed by atoms with van der Waals surface area (Å²) in [6.07, 6.45) is 4.25. The maximum atomic E-state index is 10.3. The molecule has 1 aliphatic heterocycles. The number of nitrogens with one attached hydrogen (secondary N) is 1. The lowest BCUT2D eigenvalue weighted by atomic mass is 9.94. The van der Waals surface area contributed by atoms with Crippen molar-refractivity contribution in [3.8, 4) is 0 Å². The Morgan fingerprint density at radius 3 is 2.59 bits per heavy atom. The number of hydrogen-bond donors (Lipinski definition) is 3. The first kappa shape index (κ1) is 14.4. The van der Waals surface area contributed by atoms with Gasteiger partial charge in [-0.15, -0.1) is 0 Å². The number of carbonyl (C=O) groups is 1. The van der Waals surface area contributed by atoms with Crippen LogP contribution in [0, 0.1) is 0 Å². The minimum absolute atomic E-state index is 0.251. The fourth-order valence-corrected chi connectivity index (χ4v) is 1.95. The number of carboxylic acid groups (broad SMARTS) is 1. The molecule has 0 aromatic rings. The van der Waals surface area contributed by atoms with E-state index in [1.54, 1.807) is 0 Å². The lowest BCUT2D eigenvalue weighted by Crippen LogP contribution is -2.45. The molecule has 1 aliphatic rings. The van der Waals surface area contributed by atoms with Gasteiger partial charge in [0.2, 0.25) is 0 Å². The predicted molar refractivity (Wildman–Crippen MR) is 64.0 cm³/mol. The van der Waals surface area contributed by atoms with E-state index in [1.807, 2.05) is 0 Å². The Kier molecular flexibility index (Phi) is 6.47. The third kappa shape index (κ3) is 6.61. The summed E-state index contributed by atoms with van der Waals surface area (Å²) < 4.78 is 5.20. The van der Waals surface area contributed by atoms with Gasteiger partial charge in [-0.05, 0) is 19.4 Å². The van der Waals surface area contributed by atoms with Crippen molar-refractivity contribution < 1.29 is 19.7 Å². The molecule has 1 rings (SSSR count). The molecule has 5 heteroatoms. The van der Waals surface area contributed by atoms with Gasteiger partial charge in [0.1, 0.15) is 0 Å². The van der Waals surface area contributed by atoms with Crippen LogP contribution in [0.25, 0.3) is 0 Å². The largest absolute Gasteiger partial charge is 0.481 e. The highest BCUT2D eigenvalue weighted by Gasteiger charge is 2.28. The van der Waals surface area contributed by atoms with Gasteiger partial charge in [0.05, 0.1) is 5.60 Å². The minimum Gasteiger partial charge on any atom is -0.481 e. The summed E-state index contributed by atoms with van der Waals surface area (Å²) in [5.41, 5.74) is -0.612. The Morgan fingerprint density at radius 2 is 1.94 bits per heavy atom. The standard InChI is InChI=1S/C12H23NO4/c14-11(15)4-2-1-3-7-13-10-12(16)5-8-17-9-6-12/h13,16H,1-10H2,(H,14,15). The fraction of sp³-hybridized carbons (Fsp3) is 0.917. The molecule has 3 N–H and O–H groups in total. The maximum absolute atomic E-state index is 10.3. The van der Waals surface area contributed by atoms with Crippen molar-refractivity contribution in [3.63, 3.8) is 0 Å². The minimum atomic E-state index is -0.727. The Bertz CT molecular complexity index is 227. The number of aliphatic carboxylic acids is 1. The second-order valence-corrected chi connectivity index (χ2v) is 4.72. The van der Waals surface area contributed by atoms with Crippen LogP contribution in [0.3, 0.4) is 0 Å². The Balaban J connectivity index is 1.94. The molecular weight excluding hydrogens is 222 g/mol. The van der Waals surface area contributed by atoms with Crippen molar-refractivity contribution in [3.05, 3.63) is 0 Å². The molecule has 1 fully saturated rings. The van der Waals surface area contributed by atoms with Crippen LogP contribution in [-0.2, 0) is 9.53 Å². The van der Waals surface area contributed by atoms with Gasteiger partial charge in [-0.1, -0.05) is 6.42 Å². The van der Waals surface area contributed by atoms with Gasteiger partial charge in [-0.2, -0.15) is 0 Å². The Morgan fingerprint density at radius 1 is 1.24 bits per heavy atom. The van der Waals surface area contributed by atoms with Crippen LogP contribution in [0.1, 0.15) is 38.5 Å². The van der Waals surface area contributed by atoms with E-state index in [1.165, 1.54) is 0 Å². The van der Waals surface area contributed by atoms with E-state index < -0.39 is 11.6 Å². The number of unbranched alkanes of at least 4 members (excludes halogenated alkanes) is 2. The van der Waals surface area contributed by atoms with Crippen LogP contribution < -0.4 is 5.32 Å². The lowest BCUT2D eigenvalue weighted by Gasteiger charge is -2.32. The summed E-state index contributed by atoms with van der Waals surface area (Å²) in [4.78, 5) is 10.3. The molecule has 17 heavy (non-hydrogen) atoms. The van der Waals surface area contributed by atoms with E-state index in [-0.39, 0.29) is 6.42 Å². The predicted octanol–water partition coefficient (Wildman–Crippen LogP) is 0.762. The van der Waals surface area contributed by atoms with Gasteiger partial charge >= 0.3 is 5.97 Å². The normalized spacial score (nSPS) is 19.1. The zero-order valence-corrected chi connectivity index (χ0v) is 10.3. The monoisotopic (exact) mass is 245 g/mol. The second kappa shape index (κ2) is 7.63. The number of hydrogen-bond acceptors (Lipinski definition) is 4. The first-order valence-corrected chi connectivity index (χ1v) is 6.35. The summed E-state index contributed by atoms with van der Waals surface area (Å²) in [6, 6.07) is 0. The molecule has 0 saturated carbocycles. The topological polar surface area (TPSA) is 78.8 Å². The van der Waals surface area contributed by atoms with Crippen LogP contribution in [0.15, 0.2) is 0 Å². The van der Waals surface area contributed by atoms with Gasteiger partial charge in [-0.3, -0.25) is 4.79 Å². The highest BCUT2D eigenvalue weighted by Crippen LogP contribution is 2.19. The summed E-state index contributed by atoms with van der Waals surface area (Å²) in [7, 11) is 0. The quantitative estimate of drug-likeness (QED) is 0.550. The smallest absolute Gasteiger partial charge is 0.303 e. The van der Waals surface area contributed by atoms with Gasteiger partial charge < -0.3 is 20.3 Å². The summed E-state index contributed by atoms with van der Waals surface area (Å²) in [5.74, 6) is -0.727. The Hall–Kier alpha value is -0.650. The summed E-state index contributed by atoms with van der Waals surface area (Å²) in [5, 5.41) is 21.8. The van der Waals surface area contributed by atoms with Crippen LogP contribution in [0.4, 0.5) is 0 Å². The van der Waals surface area contributed by atoms with Gasteiger partial charge in [0.15, 0.2) is 0 Å². The van der Waals surface area contributed by atoms with Gasteiger partial charge in [-0.25, -0.2) is 0 Å². The molecule has 1 saturated heterocycles. The molecule has 0 spiro atoms. The molecular formula is C12H23NO4. The highest BCUT2D eigenvalue weighted by atomic mass is 16.5. The fourth-order valence-electron chi connectivity index (χ4n) is 1.95. The second-order valence-electron chi connectivity index (χ2n) is 4.72. The number of aliphatic hydroxyl groups is 1. The average Bonchev–Trinajstić information content (AvgIpc) is 2.28. The van der Waals surface area contributed by atoms with E-state index in [4.69, 9.17) is 9.84 Å². The van der Waals surface area contributed by atoms with Crippen molar-refractivity contribution in [2.45, 2.75) is 44.1 Å². The van der Waals surface area contributed by atoms with Gasteiger partial charge in [0, 0.05) is 39.0 Å². The average molecular weight is 245 g/mol. The van der Waals surface area contributed by atoms with Crippen LogP contribution in [-0.4, -0.2) is 48.1 Å². The van der Waals surface area contributed by atoms with Crippen LogP contribution in [0.2, 0.25) is 0 Å². The highest BCUT2D eigenvalue weighted by molar-refractivity contribution is 5.66. The van der Waals surface area contributed by atoms with E-state index >= 15 is 0 Å². The van der Waals surface area contributed by atoms with Crippen molar-refractivity contribution in [2.24, 2.45) is 0 Å². The molecule has 0 radical (unpaired) electrons.